The topological polar surface area (TPSA) is 41.1 Å². The van der Waals surface area contributed by atoms with E-state index in [1.54, 1.807) is 0 Å². The first-order chi connectivity index (χ1) is 13.0. The van der Waals surface area contributed by atoms with Gasteiger partial charge in [-0.05, 0) is 48.4 Å². The number of halogens is 2. The molecule has 3 nitrogen and oxygen atoms in total. The second-order valence-corrected chi connectivity index (χ2v) is 6.66. The van der Waals surface area contributed by atoms with Gasteiger partial charge in [-0.1, -0.05) is 60.1 Å². The van der Waals surface area contributed by atoms with E-state index >= 15 is 0 Å². The molecule has 0 saturated heterocycles. The van der Waals surface area contributed by atoms with Crippen molar-refractivity contribution in [1.29, 1.82) is 0 Å². The molecule has 5 heteroatoms. The summed E-state index contributed by atoms with van der Waals surface area (Å²) in [5, 5.41) is 6.83. The highest BCUT2D eigenvalue weighted by molar-refractivity contribution is 6.31. The molecule has 27 heavy (non-hydrogen) atoms. The molecule has 0 saturated carbocycles. The third kappa shape index (κ3) is 4.94. The van der Waals surface area contributed by atoms with Gasteiger partial charge in [-0.25, -0.2) is 4.39 Å². The molecule has 0 heterocycles. The van der Waals surface area contributed by atoms with E-state index < -0.39 is 6.04 Å². The minimum Gasteiger partial charge on any atom is -0.324 e. The number of rotatable bonds is 6. The fourth-order valence-electron chi connectivity index (χ4n) is 2.88. The molecule has 3 aromatic rings. The van der Waals surface area contributed by atoms with Crippen molar-refractivity contribution < 1.29 is 9.18 Å². The van der Waals surface area contributed by atoms with Crippen LogP contribution in [0.15, 0.2) is 78.9 Å². The standard InChI is InChI=1S/C22H20ClFN2O/c1-15(19-9-5-6-10-20(19)23)25-21(16-7-3-2-4-8-16)22(27)26-18-13-11-17(24)12-14-18/h2-15,21,25H,1H3,(H,26,27)/t15-,21+/m0/s1. The van der Waals surface area contributed by atoms with Crippen LogP contribution >= 0.6 is 11.6 Å². The third-order valence-corrected chi connectivity index (χ3v) is 4.64. The zero-order valence-corrected chi connectivity index (χ0v) is 15.6. The molecule has 0 aliphatic carbocycles. The van der Waals surface area contributed by atoms with Crippen molar-refractivity contribution in [2.45, 2.75) is 19.0 Å². The Hall–Kier alpha value is -2.69. The van der Waals surface area contributed by atoms with Crippen molar-refractivity contribution in [2.75, 3.05) is 5.32 Å². The highest BCUT2D eigenvalue weighted by atomic mass is 35.5. The van der Waals surface area contributed by atoms with Gasteiger partial charge < -0.3 is 5.32 Å². The summed E-state index contributed by atoms with van der Waals surface area (Å²) in [6.07, 6.45) is 0. The van der Waals surface area contributed by atoms with Crippen molar-refractivity contribution in [2.24, 2.45) is 0 Å². The maximum Gasteiger partial charge on any atom is 0.246 e. The fraction of sp³-hybridized carbons (Fsp3) is 0.136. The van der Waals surface area contributed by atoms with Crippen molar-refractivity contribution in [1.82, 2.24) is 5.32 Å². The Kier molecular flexibility index (Phi) is 6.22. The summed E-state index contributed by atoms with van der Waals surface area (Å²) >= 11 is 6.30. The van der Waals surface area contributed by atoms with Crippen LogP contribution in [-0.2, 0) is 4.79 Å². The Labute approximate surface area is 163 Å². The average Bonchev–Trinajstić information content (AvgIpc) is 2.68. The summed E-state index contributed by atoms with van der Waals surface area (Å²) in [5.74, 6) is -0.579. The van der Waals surface area contributed by atoms with Gasteiger partial charge in [0.05, 0.1) is 0 Å². The molecular formula is C22H20ClFN2O. The van der Waals surface area contributed by atoms with E-state index in [2.05, 4.69) is 10.6 Å². The number of benzene rings is 3. The molecule has 2 atom stereocenters. The molecule has 138 valence electrons. The number of hydrogen-bond acceptors (Lipinski definition) is 2. The lowest BCUT2D eigenvalue weighted by molar-refractivity contribution is -0.118. The Bertz CT molecular complexity index is 900. The molecule has 0 aromatic heterocycles. The summed E-state index contributed by atoms with van der Waals surface area (Å²) in [7, 11) is 0. The van der Waals surface area contributed by atoms with Gasteiger partial charge in [-0.3, -0.25) is 10.1 Å². The first-order valence-corrected chi connectivity index (χ1v) is 9.04. The highest BCUT2D eigenvalue weighted by Crippen LogP contribution is 2.26. The molecule has 0 spiro atoms. The number of carbonyl (C=O) groups is 1. The van der Waals surface area contributed by atoms with Crippen LogP contribution in [0.3, 0.4) is 0 Å². The van der Waals surface area contributed by atoms with Crippen molar-refractivity contribution in [3.63, 3.8) is 0 Å². The molecule has 2 N–H and O–H groups in total. The number of anilines is 1. The van der Waals surface area contributed by atoms with Gasteiger partial charge in [0, 0.05) is 16.8 Å². The van der Waals surface area contributed by atoms with E-state index in [9.17, 15) is 9.18 Å². The maximum atomic E-state index is 13.1. The maximum absolute atomic E-state index is 13.1. The van der Waals surface area contributed by atoms with E-state index in [0.29, 0.717) is 10.7 Å². The van der Waals surface area contributed by atoms with E-state index in [0.717, 1.165) is 11.1 Å². The lowest BCUT2D eigenvalue weighted by atomic mass is 10.0. The van der Waals surface area contributed by atoms with Crippen LogP contribution in [-0.4, -0.2) is 5.91 Å². The first-order valence-electron chi connectivity index (χ1n) is 8.66. The Morgan fingerprint density at radius 1 is 0.926 bits per heavy atom. The van der Waals surface area contributed by atoms with Crippen LogP contribution in [0.4, 0.5) is 10.1 Å². The van der Waals surface area contributed by atoms with Gasteiger partial charge in [0.25, 0.3) is 0 Å². The van der Waals surface area contributed by atoms with Crippen LogP contribution < -0.4 is 10.6 Å². The zero-order chi connectivity index (χ0) is 19.2. The van der Waals surface area contributed by atoms with E-state index in [1.165, 1.54) is 24.3 Å². The fourth-order valence-corrected chi connectivity index (χ4v) is 3.18. The number of hydrogen-bond donors (Lipinski definition) is 2. The lowest BCUT2D eigenvalue weighted by Gasteiger charge is -2.24. The van der Waals surface area contributed by atoms with Gasteiger partial charge >= 0.3 is 0 Å². The molecule has 0 radical (unpaired) electrons. The molecule has 3 aromatic carbocycles. The summed E-state index contributed by atoms with van der Waals surface area (Å²) in [4.78, 5) is 12.9. The lowest BCUT2D eigenvalue weighted by Crippen LogP contribution is -2.34. The molecule has 0 fully saturated rings. The summed E-state index contributed by atoms with van der Waals surface area (Å²) in [6.45, 7) is 1.96. The van der Waals surface area contributed by atoms with Crippen molar-refractivity contribution in [3.8, 4) is 0 Å². The molecular weight excluding hydrogens is 363 g/mol. The van der Waals surface area contributed by atoms with Crippen molar-refractivity contribution in [3.05, 3.63) is 101 Å². The highest BCUT2D eigenvalue weighted by Gasteiger charge is 2.23. The van der Waals surface area contributed by atoms with Crippen LogP contribution in [0.25, 0.3) is 0 Å². The number of nitrogens with one attached hydrogen (secondary N) is 2. The van der Waals surface area contributed by atoms with Gasteiger partial charge in [0.2, 0.25) is 5.91 Å². The first kappa shape index (κ1) is 19.1. The third-order valence-electron chi connectivity index (χ3n) is 4.30. The van der Waals surface area contributed by atoms with E-state index in [1.807, 2.05) is 61.5 Å². The molecule has 3 rings (SSSR count). The normalized spacial score (nSPS) is 13.0. The van der Waals surface area contributed by atoms with Crippen LogP contribution in [0.1, 0.15) is 30.1 Å². The molecule has 1 amide bonds. The number of amides is 1. The Morgan fingerprint density at radius 3 is 2.22 bits per heavy atom. The monoisotopic (exact) mass is 382 g/mol. The van der Waals surface area contributed by atoms with E-state index in [-0.39, 0.29) is 17.8 Å². The van der Waals surface area contributed by atoms with Gasteiger partial charge in [-0.15, -0.1) is 0 Å². The second-order valence-electron chi connectivity index (χ2n) is 6.25. The summed E-state index contributed by atoms with van der Waals surface area (Å²) < 4.78 is 13.1. The van der Waals surface area contributed by atoms with E-state index in [4.69, 9.17) is 11.6 Å². The Balaban J connectivity index is 1.84. The number of carbonyl (C=O) groups excluding carboxylic acids is 1. The molecule has 0 aliphatic rings. The minimum atomic E-state index is -0.595. The smallest absolute Gasteiger partial charge is 0.246 e. The largest absolute Gasteiger partial charge is 0.324 e. The van der Waals surface area contributed by atoms with Crippen LogP contribution in [0, 0.1) is 5.82 Å². The Morgan fingerprint density at radius 2 is 1.56 bits per heavy atom. The van der Waals surface area contributed by atoms with Gasteiger partial charge in [0.15, 0.2) is 0 Å². The van der Waals surface area contributed by atoms with Crippen LogP contribution in [0.5, 0.6) is 0 Å². The van der Waals surface area contributed by atoms with Gasteiger partial charge in [-0.2, -0.15) is 0 Å². The van der Waals surface area contributed by atoms with Gasteiger partial charge in [0.1, 0.15) is 11.9 Å². The average molecular weight is 383 g/mol. The molecule has 0 bridgehead atoms. The SMILES string of the molecule is C[C@H](N[C@@H](C(=O)Nc1ccc(F)cc1)c1ccccc1)c1ccccc1Cl. The zero-order valence-electron chi connectivity index (χ0n) is 14.8. The molecule has 0 unspecified atom stereocenters. The summed E-state index contributed by atoms with van der Waals surface area (Å²) in [6, 6.07) is 21.9. The quantitative estimate of drug-likeness (QED) is 0.590. The second kappa shape index (κ2) is 8.80. The predicted octanol–water partition coefficient (Wildman–Crippen LogP) is 5.51. The minimum absolute atomic E-state index is 0.150. The summed E-state index contributed by atoms with van der Waals surface area (Å²) in [5.41, 5.74) is 2.28. The van der Waals surface area contributed by atoms with Crippen LogP contribution in [0.2, 0.25) is 5.02 Å². The molecule has 0 aliphatic heterocycles. The predicted molar refractivity (Wildman–Crippen MR) is 107 cm³/mol. The van der Waals surface area contributed by atoms with Crippen molar-refractivity contribution >= 4 is 23.2 Å².